The van der Waals surface area contributed by atoms with Crippen LogP contribution in [0.4, 0.5) is 13.6 Å². The first-order valence-electron chi connectivity index (χ1n) is 10.8. The van der Waals surface area contributed by atoms with Gasteiger partial charge in [-0.2, -0.15) is 0 Å². The highest BCUT2D eigenvalue weighted by molar-refractivity contribution is 5.96. The highest BCUT2D eigenvalue weighted by Crippen LogP contribution is 2.26. The normalized spacial score (nSPS) is 12.2. The van der Waals surface area contributed by atoms with Crippen LogP contribution in [0, 0.1) is 11.6 Å². The first-order chi connectivity index (χ1) is 15.6. The summed E-state index contributed by atoms with van der Waals surface area (Å²) in [7, 11) is 0. The smallest absolute Gasteiger partial charge is 0.408 e. The minimum absolute atomic E-state index is 0.149. The molecule has 0 spiro atoms. The summed E-state index contributed by atoms with van der Waals surface area (Å²) in [4.78, 5) is 25.0. The van der Waals surface area contributed by atoms with Gasteiger partial charge in [-0.15, -0.1) is 0 Å². The van der Waals surface area contributed by atoms with Crippen molar-refractivity contribution in [3.8, 4) is 11.1 Å². The number of rotatable bonds is 7. The van der Waals surface area contributed by atoms with Gasteiger partial charge >= 0.3 is 6.09 Å². The van der Waals surface area contributed by atoms with E-state index in [9.17, 15) is 18.4 Å². The van der Waals surface area contributed by atoms with E-state index in [1.54, 1.807) is 20.8 Å². The van der Waals surface area contributed by atoms with Crippen LogP contribution in [0.5, 0.6) is 0 Å². The molecule has 1 amide bonds. The summed E-state index contributed by atoms with van der Waals surface area (Å²) in [5.41, 5.74) is 1.54. The van der Waals surface area contributed by atoms with E-state index in [0.717, 1.165) is 28.8 Å². The van der Waals surface area contributed by atoms with E-state index in [1.807, 2.05) is 54.6 Å². The van der Waals surface area contributed by atoms with Gasteiger partial charge in [0.05, 0.1) is 11.6 Å². The van der Waals surface area contributed by atoms with Crippen molar-refractivity contribution >= 4 is 11.9 Å². The minimum Gasteiger partial charge on any atom is -0.444 e. The first kappa shape index (κ1) is 24.1. The number of nitrogens with one attached hydrogen (secondary N) is 1. The Balaban J connectivity index is 1.80. The second kappa shape index (κ2) is 10.4. The van der Waals surface area contributed by atoms with Crippen molar-refractivity contribution in [2.24, 2.45) is 0 Å². The lowest BCUT2D eigenvalue weighted by molar-refractivity contribution is 0.0498. The van der Waals surface area contributed by atoms with Crippen molar-refractivity contribution < 1.29 is 23.1 Å². The summed E-state index contributed by atoms with van der Waals surface area (Å²) in [5, 5.41) is 2.78. The maximum absolute atomic E-state index is 14.0. The molecule has 4 nitrogen and oxygen atoms in total. The minimum atomic E-state index is -0.899. The number of carbonyl (C=O) groups excluding carboxylic acids is 2. The Morgan fingerprint density at radius 1 is 0.848 bits per heavy atom. The van der Waals surface area contributed by atoms with Crippen molar-refractivity contribution in [2.45, 2.75) is 45.3 Å². The molecule has 0 heterocycles. The predicted molar refractivity (Wildman–Crippen MR) is 124 cm³/mol. The van der Waals surface area contributed by atoms with Crippen molar-refractivity contribution in [3.63, 3.8) is 0 Å². The van der Waals surface area contributed by atoms with Gasteiger partial charge in [0.2, 0.25) is 0 Å². The highest BCUT2D eigenvalue weighted by atomic mass is 19.1. The number of carbonyl (C=O) groups is 2. The second-order valence-electron chi connectivity index (χ2n) is 8.75. The van der Waals surface area contributed by atoms with Crippen LogP contribution in [-0.4, -0.2) is 17.5 Å². The molecule has 0 bridgehead atoms. The van der Waals surface area contributed by atoms with Crippen molar-refractivity contribution in [2.75, 3.05) is 0 Å². The molecule has 0 aliphatic rings. The monoisotopic (exact) mass is 451 g/mol. The molecule has 0 aliphatic carbocycles. The lowest BCUT2D eigenvalue weighted by Gasteiger charge is -2.24. The molecule has 0 saturated heterocycles. The van der Waals surface area contributed by atoms with Gasteiger partial charge in [0.25, 0.3) is 0 Å². The molecule has 6 heteroatoms. The number of halogens is 2. The fourth-order valence-electron chi connectivity index (χ4n) is 3.48. The quantitative estimate of drug-likeness (QED) is 0.399. The third-order valence-corrected chi connectivity index (χ3v) is 5.01. The van der Waals surface area contributed by atoms with E-state index < -0.39 is 40.7 Å². The molecular weight excluding hydrogens is 424 g/mol. The van der Waals surface area contributed by atoms with E-state index in [4.69, 9.17) is 4.74 Å². The molecule has 3 aromatic rings. The Kier molecular flexibility index (Phi) is 7.59. The fourth-order valence-corrected chi connectivity index (χ4v) is 3.48. The standard InChI is InChI=1S/C27H27F2NO3/c1-27(2,3)33-26(32)30-23(16-17-24(31)25-21(28)10-7-11-22(25)29)20-14-12-19(13-15-20)18-8-5-4-6-9-18/h4-15,23H,16-17H2,1-3H3,(H,30,32). The number of ketones is 1. The Labute approximate surface area is 192 Å². The SMILES string of the molecule is CC(C)(C)OC(=O)NC(CCC(=O)c1c(F)cccc1F)c1ccc(-c2ccccc2)cc1. The topological polar surface area (TPSA) is 55.4 Å². The summed E-state index contributed by atoms with van der Waals surface area (Å²) in [6.07, 6.45) is -0.640. The molecule has 3 rings (SSSR count). The van der Waals surface area contributed by atoms with Crippen LogP contribution < -0.4 is 5.32 Å². The molecule has 0 radical (unpaired) electrons. The Bertz CT molecular complexity index is 1090. The number of Topliss-reactive ketones (excluding diaryl/α,β-unsaturated/α-hetero) is 1. The zero-order chi connectivity index (χ0) is 24.0. The molecular formula is C27H27F2NO3. The van der Waals surface area contributed by atoms with E-state index >= 15 is 0 Å². The lowest BCUT2D eigenvalue weighted by Crippen LogP contribution is -2.35. The Morgan fingerprint density at radius 3 is 2.00 bits per heavy atom. The van der Waals surface area contributed by atoms with Gasteiger partial charge in [-0.05, 0) is 56.0 Å². The van der Waals surface area contributed by atoms with Crippen LogP contribution in [0.15, 0.2) is 72.8 Å². The van der Waals surface area contributed by atoms with Crippen LogP contribution in [0.2, 0.25) is 0 Å². The third-order valence-electron chi connectivity index (χ3n) is 5.01. The predicted octanol–water partition coefficient (Wildman–Crippen LogP) is 6.86. The first-order valence-corrected chi connectivity index (χ1v) is 10.8. The largest absolute Gasteiger partial charge is 0.444 e. The maximum Gasteiger partial charge on any atom is 0.408 e. The van der Waals surface area contributed by atoms with Gasteiger partial charge < -0.3 is 10.1 Å². The zero-order valence-electron chi connectivity index (χ0n) is 18.9. The van der Waals surface area contributed by atoms with Gasteiger partial charge in [0.15, 0.2) is 5.78 Å². The van der Waals surface area contributed by atoms with Crippen molar-refractivity contribution in [1.82, 2.24) is 5.32 Å². The van der Waals surface area contributed by atoms with Gasteiger partial charge in [-0.3, -0.25) is 4.79 Å². The van der Waals surface area contributed by atoms with E-state index in [2.05, 4.69) is 5.32 Å². The number of amides is 1. The number of hydrogen-bond acceptors (Lipinski definition) is 3. The van der Waals surface area contributed by atoms with Gasteiger partial charge in [0.1, 0.15) is 17.2 Å². The summed E-state index contributed by atoms with van der Waals surface area (Å²) in [6.45, 7) is 5.25. The Morgan fingerprint density at radius 2 is 1.42 bits per heavy atom. The van der Waals surface area contributed by atoms with Crippen LogP contribution >= 0.6 is 0 Å². The van der Waals surface area contributed by atoms with Gasteiger partial charge in [0, 0.05) is 6.42 Å². The summed E-state index contributed by atoms with van der Waals surface area (Å²) >= 11 is 0. The molecule has 0 saturated carbocycles. The molecule has 33 heavy (non-hydrogen) atoms. The number of hydrogen-bond donors (Lipinski definition) is 1. The number of ether oxygens (including phenoxy) is 1. The molecule has 0 fully saturated rings. The van der Waals surface area contributed by atoms with E-state index in [-0.39, 0.29) is 12.8 Å². The molecule has 0 aromatic heterocycles. The van der Waals surface area contributed by atoms with Crippen LogP contribution in [0.3, 0.4) is 0 Å². The third kappa shape index (κ3) is 6.72. The average molecular weight is 452 g/mol. The molecule has 0 aliphatic heterocycles. The summed E-state index contributed by atoms with van der Waals surface area (Å²) in [6, 6.07) is 20.1. The average Bonchev–Trinajstić information content (AvgIpc) is 2.76. The molecule has 1 N–H and O–H groups in total. The molecule has 1 atom stereocenters. The Hall–Kier alpha value is -3.54. The highest BCUT2D eigenvalue weighted by Gasteiger charge is 2.23. The van der Waals surface area contributed by atoms with Gasteiger partial charge in [-0.25, -0.2) is 13.6 Å². The van der Waals surface area contributed by atoms with Gasteiger partial charge in [-0.1, -0.05) is 60.7 Å². The number of benzene rings is 3. The molecule has 3 aromatic carbocycles. The maximum atomic E-state index is 14.0. The second-order valence-corrected chi connectivity index (χ2v) is 8.75. The van der Waals surface area contributed by atoms with Crippen LogP contribution in [0.25, 0.3) is 11.1 Å². The summed E-state index contributed by atoms with van der Waals surface area (Å²) in [5.74, 6) is -2.46. The van der Waals surface area contributed by atoms with Crippen molar-refractivity contribution in [3.05, 3.63) is 95.6 Å². The fraction of sp³-hybridized carbons (Fsp3) is 0.259. The lowest BCUT2D eigenvalue weighted by atomic mass is 9.96. The van der Waals surface area contributed by atoms with Crippen LogP contribution in [0.1, 0.15) is 55.6 Å². The van der Waals surface area contributed by atoms with E-state index in [0.29, 0.717) is 0 Å². The van der Waals surface area contributed by atoms with Crippen molar-refractivity contribution in [1.29, 1.82) is 0 Å². The van der Waals surface area contributed by atoms with E-state index in [1.165, 1.54) is 6.07 Å². The molecule has 1 unspecified atom stereocenters. The summed E-state index contributed by atoms with van der Waals surface area (Å²) < 4.78 is 33.4. The molecule has 172 valence electrons. The van der Waals surface area contributed by atoms with Crippen LogP contribution in [-0.2, 0) is 4.74 Å². The zero-order valence-corrected chi connectivity index (χ0v) is 18.9. The number of alkyl carbamates (subject to hydrolysis) is 1.